The predicted molar refractivity (Wildman–Crippen MR) is 88.5 cm³/mol. The van der Waals surface area contributed by atoms with Gasteiger partial charge in [0.1, 0.15) is 5.75 Å². The fraction of sp³-hybridized carbons (Fsp3) is 0.176. The Morgan fingerprint density at radius 3 is 2.48 bits per heavy atom. The number of carboxylic acid groups (broad SMARTS) is 1. The van der Waals surface area contributed by atoms with Crippen LogP contribution in [0.25, 0.3) is 22.1 Å². The first-order valence-corrected chi connectivity index (χ1v) is 6.92. The molecule has 0 radical (unpaired) electrons. The van der Waals surface area contributed by atoms with E-state index in [0.717, 1.165) is 34.7 Å². The van der Waals surface area contributed by atoms with E-state index in [1.54, 1.807) is 7.11 Å². The summed E-state index contributed by atoms with van der Waals surface area (Å²) in [6.45, 7) is 2.95. The second kappa shape index (κ2) is 6.83. The number of nitrogens with zero attached hydrogens (tertiary/aromatic N) is 1. The van der Waals surface area contributed by atoms with Gasteiger partial charge in [-0.1, -0.05) is 30.3 Å². The minimum atomic E-state index is -0.833. The fourth-order valence-corrected chi connectivity index (χ4v) is 2.31. The summed E-state index contributed by atoms with van der Waals surface area (Å²) in [7, 11) is 1.64. The molecule has 0 spiro atoms. The number of benzene rings is 2. The molecule has 0 saturated carbocycles. The molecule has 0 saturated heterocycles. The Labute approximate surface area is 133 Å². The summed E-state index contributed by atoms with van der Waals surface area (Å²) in [6, 6.07) is 12.2. The van der Waals surface area contributed by atoms with Gasteiger partial charge in [0.05, 0.1) is 18.4 Å². The number of carbonyl (C=O) groups is 1. The molecular weight excluding hydrogens is 296 g/mol. The molecule has 23 heavy (non-hydrogen) atoms. The van der Waals surface area contributed by atoms with E-state index < -0.39 is 5.97 Å². The highest BCUT2D eigenvalue weighted by atomic mass is 16.5. The zero-order chi connectivity index (χ0) is 17.0. The first-order chi connectivity index (χ1) is 10.9. The quantitative estimate of drug-likeness (QED) is 0.751. The monoisotopic (exact) mass is 314 g/mol. The maximum absolute atomic E-state index is 9.00. The van der Waals surface area contributed by atoms with E-state index in [0.29, 0.717) is 5.76 Å². The molecule has 0 atom stereocenters. The van der Waals surface area contributed by atoms with Crippen LogP contribution < -0.4 is 10.5 Å². The van der Waals surface area contributed by atoms with E-state index in [2.05, 4.69) is 4.98 Å². The zero-order valence-corrected chi connectivity index (χ0v) is 13.2. The molecule has 120 valence electrons. The van der Waals surface area contributed by atoms with E-state index in [4.69, 9.17) is 24.8 Å². The van der Waals surface area contributed by atoms with Crippen molar-refractivity contribution in [2.45, 2.75) is 13.8 Å². The van der Waals surface area contributed by atoms with Crippen LogP contribution in [0.2, 0.25) is 0 Å². The molecule has 0 bridgehead atoms. The number of nitrogens with two attached hydrogens (primary N) is 1. The lowest BCUT2D eigenvalue weighted by atomic mass is 10.0. The van der Waals surface area contributed by atoms with Crippen molar-refractivity contribution in [2.75, 3.05) is 12.8 Å². The van der Waals surface area contributed by atoms with Gasteiger partial charge in [-0.05, 0) is 23.8 Å². The Bertz CT molecular complexity index is 836. The maximum Gasteiger partial charge on any atom is 0.300 e. The Balaban J connectivity index is 0.000000433. The average molecular weight is 314 g/mol. The molecule has 6 heteroatoms. The molecule has 0 aliphatic rings. The molecule has 2 aromatic carbocycles. The van der Waals surface area contributed by atoms with Crippen molar-refractivity contribution in [3.8, 4) is 17.1 Å². The molecule has 1 aromatic heterocycles. The highest BCUT2D eigenvalue weighted by Crippen LogP contribution is 2.39. The molecular formula is C17H18N2O4. The number of aryl methyl sites for hydroxylation is 1. The van der Waals surface area contributed by atoms with Gasteiger partial charge in [-0.3, -0.25) is 4.79 Å². The molecule has 3 N–H and O–H groups in total. The van der Waals surface area contributed by atoms with Gasteiger partial charge in [-0.2, -0.15) is 4.98 Å². The third-order valence-corrected chi connectivity index (χ3v) is 3.15. The summed E-state index contributed by atoms with van der Waals surface area (Å²) in [5, 5.41) is 9.59. The van der Waals surface area contributed by atoms with E-state index in [1.807, 2.05) is 43.3 Å². The van der Waals surface area contributed by atoms with Crippen molar-refractivity contribution in [3.63, 3.8) is 0 Å². The third-order valence-electron chi connectivity index (χ3n) is 3.15. The minimum Gasteiger partial charge on any atom is -0.496 e. The number of oxazole rings is 1. The predicted octanol–water partition coefficient (Wildman–Crippen LogP) is 3.48. The van der Waals surface area contributed by atoms with Crippen molar-refractivity contribution in [3.05, 3.63) is 42.1 Å². The number of anilines is 1. The summed E-state index contributed by atoms with van der Waals surface area (Å²) >= 11 is 0. The Kier molecular flexibility index (Phi) is 4.85. The first-order valence-electron chi connectivity index (χ1n) is 6.92. The van der Waals surface area contributed by atoms with Crippen molar-refractivity contribution in [1.29, 1.82) is 0 Å². The highest BCUT2D eigenvalue weighted by Gasteiger charge is 2.17. The van der Waals surface area contributed by atoms with Gasteiger partial charge in [0, 0.05) is 6.92 Å². The number of methoxy groups -OCH3 is 1. The minimum absolute atomic E-state index is 0.169. The van der Waals surface area contributed by atoms with Gasteiger partial charge in [-0.15, -0.1) is 0 Å². The molecule has 0 aliphatic heterocycles. The molecule has 3 aromatic rings. The van der Waals surface area contributed by atoms with Crippen LogP contribution >= 0.6 is 0 Å². The van der Waals surface area contributed by atoms with Gasteiger partial charge in [0.25, 0.3) is 12.0 Å². The lowest BCUT2D eigenvalue weighted by molar-refractivity contribution is -0.134. The normalized spacial score (nSPS) is 10.0. The van der Waals surface area contributed by atoms with Crippen molar-refractivity contribution in [2.24, 2.45) is 0 Å². The summed E-state index contributed by atoms with van der Waals surface area (Å²) in [6.07, 6.45) is 0. The van der Waals surface area contributed by atoms with Crippen LogP contribution in [0.5, 0.6) is 5.75 Å². The molecule has 0 unspecified atom stereocenters. The number of ether oxygens (including phenoxy) is 1. The van der Waals surface area contributed by atoms with Crippen LogP contribution in [0.4, 0.5) is 6.01 Å². The van der Waals surface area contributed by atoms with Gasteiger partial charge >= 0.3 is 0 Å². The topological polar surface area (TPSA) is 98.6 Å². The van der Waals surface area contributed by atoms with E-state index in [-0.39, 0.29) is 6.01 Å². The SMILES string of the molecule is CC(=O)O.COc1ccc2ccccc2c1-c1oc(N)nc1C. The van der Waals surface area contributed by atoms with Crippen molar-refractivity contribution < 1.29 is 19.1 Å². The van der Waals surface area contributed by atoms with Crippen molar-refractivity contribution in [1.82, 2.24) is 4.98 Å². The molecule has 3 rings (SSSR count). The summed E-state index contributed by atoms with van der Waals surface area (Å²) < 4.78 is 11.0. The Morgan fingerprint density at radius 1 is 1.26 bits per heavy atom. The first kappa shape index (κ1) is 16.4. The number of nitrogen functional groups attached to an aromatic ring is 1. The molecule has 0 aliphatic carbocycles. The smallest absolute Gasteiger partial charge is 0.300 e. The van der Waals surface area contributed by atoms with Gasteiger partial charge in [0.2, 0.25) is 0 Å². The number of carboxylic acids is 1. The van der Waals surface area contributed by atoms with Crippen LogP contribution in [0.15, 0.2) is 40.8 Å². The highest BCUT2D eigenvalue weighted by molar-refractivity contribution is 5.99. The summed E-state index contributed by atoms with van der Waals surface area (Å²) in [4.78, 5) is 13.1. The van der Waals surface area contributed by atoms with Crippen LogP contribution in [0.3, 0.4) is 0 Å². The summed E-state index contributed by atoms with van der Waals surface area (Å²) in [5.74, 6) is 0.573. The molecule has 0 fully saturated rings. The fourth-order valence-electron chi connectivity index (χ4n) is 2.31. The van der Waals surface area contributed by atoms with Gasteiger partial charge in [-0.25, -0.2) is 0 Å². The lowest BCUT2D eigenvalue weighted by Crippen LogP contribution is -1.90. The average Bonchev–Trinajstić information content (AvgIpc) is 2.83. The number of hydrogen-bond donors (Lipinski definition) is 2. The van der Waals surface area contributed by atoms with Crippen LogP contribution in [-0.4, -0.2) is 23.2 Å². The Hall–Kier alpha value is -3.02. The van der Waals surface area contributed by atoms with E-state index in [9.17, 15) is 0 Å². The molecule has 0 amide bonds. The number of aliphatic carboxylic acids is 1. The number of aromatic nitrogens is 1. The van der Waals surface area contributed by atoms with Crippen molar-refractivity contribution >= 4 is 22.8 Å². The number of fused-ring (bicyclic) bond motifs is 1. The van der Waals surface area contributed by atoms with Crippen LogP contribution in [0, 0.1) is 6.92 Å². The largest absolute Gasteiger partial charge is 0.496 e. The standard InChI is InChI=1S/C15H14N2O2.C2H4O2/c1-9-14(19-15(16)17-9)13-11-6-4-3-5-10(11)7-8-12(13)18-2;1-2(3)4/h3-8H,1-2H3,(H2,16,17);1H3,(H,3,4). The second-order valence-corrected chi connectivity index (χ2v) is 4.85. The van der Waals surface area contributed by atoms with Gasteiger partial charge in [0.15, 0.2) is 5.76 Å². The lowest BCUT2D eigenvalue weighted by Gasteiger charge is -2.10. The Morgan fingerprint density at radius 2 is 1.91 bits per heavy atom. The molecule has 1 heterocycles. The maximum atomic E-state index is 9.00. The van der Waals surface area contributed by atoms with E-state index in [1.165, 1.54) is 0 Å². The van der Waals surface area contributed by atoms with E-state index >= 15 is 0 Å². The number of hydrogen-bond acceptors (Lipinski definition) is 5. The van der Waals surface area contributed by atoms with Gasteiger partial charge < -0.3 is 20.0 Å². The second-order valence-electron chi connectivity index (χ2n) is 4.85. The number of rotatable bonds is 2. The van der Waals surface area contributed by atoms with Crippen LogP contribution in [0.1, 0.15) is 12.6 Å². The zero-order valence-electron chi connectivity index (χ0n) is 13.2. The third kappa shape index (κ3) is 3.60. The summed E-state index contributed by atoms with van der Waals surface area (Å²) in [5.41, 5.74) is 7.28. The molecule has 6 nitrogen and oxygen atoms in total. The van der Waals surface area contributed by atoms with Crippen LogP contribution in [-0.2, 0) is 4.79 Å².